The number of anilines is 1. The lowest BCUT2D eigenvalue weighted by Gasteiger charge is -2.33. The molecule has 0 heterocycles. The SMILES string of the molecule is CCSc1cccc(NC2CC(C)CC(C)C2)c1C(N)=S. The molecule has 4 heteroatoms. The van der Waals surface area contributed by atoms with E-state index in [1.165, 1.54) is 24.2 Å². The summed E-state index contributed by atoms with van der Waals surface area (Å²) in [7, 11) is 0. The summed E-state index contributed by atoms with van der Waals surface area (Å²) < 4.78 is 0. The van der Waals surface area contributed by atoms with Gasteiger partial charge in [0.25, 0.3) is 0 Å². The molecule has 116 valence electrons. The molecule has 0 spiro atoms. The molecule has 21 heavy (non-hydrogen) atoms. The molecule has 1 saturated carbocycles. The summed E-state index contributed by atoms with van der Waals surface area (Å²) in [6.45, 7) is 6.85. The molecule has 0 bridgehead atoms. The van der Waals surface area contributed by atoms with Crippen LogP contribution in [0.4, 0.5) is 5.69 Å². The molecule has 1 aliphatic rings. The van der Waals surface area contributed by atoms with Crippen LogP contribution in [0.1, 0.15) is 45.6 Å². The highest BCUT2D eigenvalue weighted by Gasteiger charge is 2.24. The minimum Gasteiger partial charge on any atom is -0.389 e. The Hall–Kier alpha value is -0.740. The number of thioether (sulfide) groups is 1. The Morgan fingerprint density at radius 1 is 1.29 bits per heavy atom. The number of nitrogens with one attached hydrogen (secondary N) is 1. The lowest BCUT2D eigenvalue weighted by atomic mass is 9.80. The second-order valence-electron chi connectivity index (χ2n) is 6.23. The van der Waals surface area contributed by atoms with Gasteiger partial charge in [0.05, 0.1) is 0 Å². The zero-order valence-electron chi connectivity index (χ0n) is 13.2. The van der Waals surface area contributed by atoms with Crippen molar-refractivity contribution in [1.82, 2.24) is 0 Å². The largest absolute Gasteiger partial charge is 0.389 e. The Kier molecular flexibility index (Phi) is 5.94. The van der Waals surface area contributed by atoms with Gasteiger partial charge < -0.3 is 11.1 Å². The van der Waals surface area contributed by atoms with E-state index in [0.717, 1.165) is 28.8 Å². The number of rotatable bonds is 5. The highest BCUT2D eigenvalue weighted by molar-refractivity contribution is 7.99. The Bertz CT molecular complexity index is 492. The minimum atomic E-state index is 0.492. The van der Waals surface area contributed by atoms with Crippen molar-refractivity contribution in [3.05, 3.63) is 23.8 Å². The molecule has 1 aliphatic carbocycles. The van der Waals surface area contributed by atoms with Gasteiger partial charge in [0.15, 0.2) is 0 Å². The molecule has 0 aliphatic heterocycles. The number of thiocarbonyl (C=S) groups is 1. The first-order chi connectivity index (χ1) is 10.0. The van der Waals surface area contributed by atoms with E-state index >= 15 is 0 Å². The van der Waals surface area contributed by atoms with Crippen LogP contribution < -0.4 is 11.1 Å². The second kappa shape index (κ2) is 7.50. The summed E-state index contributed by atoms with van der Waals surface area (Å²) in [5.41, 5.74) is 8.11. The van der Waals surface area contributed by atoms with Crippen molar-refractivity contribution in [2.45, 2.75) is 51.0 Å². The van der Waals surface area contributed by atoms with Gasteiger partial charge in [-0.05, 0) is 49.0 Å². The Balaban J connectivity index is 2.22. The van der Waals surface area contributed by atoms with E-state index in [2.05, 4.69) is 44.3 Å². The normalized spacial score (nSPS) is 25.6. The van der Waals surface area contributed by atoms with E-state index in [0.29, 0.717) is 11.0 Å². The minimum absolute atomic E-state index is 0.492. The molecule has 1 fully saturated rings. The third-order valence-corrected chi connectivity index (χ3v) is 5.25. The van der Waals surface area contributed by atoms with Gasteiger partial charge in [0.1, 0.15) is 4.99 Å². The number of benzene rings is 1. The van der Waals surface area contributed by atoms with E-state index in [1.54, 1.807) is 11.8 Å². The number of hydrogen-bond donors (Lipinski definition) is 2. The monoisotopic (exact) mass is 322 g/mol. The first-order valence-electron chi connectivity index (χ1n) is 7.83. The van der Waals surface area contributed by atoms with E-state index in [9.17, 15) is 0 Å². The van der Waals surface area contributed by atoms with Crippen molar-refractivity contribution in [2.24, 2.45) is 17.6 Å². The van der Waals surface area contributed by atoms with Gasteiger partial charge in [-0.15, -0.1) is 11.8 Å². The highest BCUT2D eigenvalue weighted by Crippen LogP contribution is 2.33. The van der Waals surface area contributed by atoms with Gasteiger partial charge in [0, 0.05) is 22.2 Å². The maximum atomic E-state index is 5.98. The fourth-order valence-corrected chi connectivity index (χ4v) is 4.60. The molecular weight excluding hydrogens is 296 g/mol. The van der Waals surface area contributed by atoms with Gasteiger partial charge in [-0.3, -0.25) is 0 Å². The van der Waals surface area contributed by atoms with E-state index < -0.39 is 0 Å². The molecule has 0 amide bonds. The van der Waals surface area contributed by atoms with Crippen molar-refractivity contribution in [2.75, 3.05) is 11.1 Å². The maximum Gasteiger partial charge on any atom is 0.107 e. The number of hydrogen-bond acceptors (Lipinski definition) is 3. The molecule has 1 aromatic carbocycles. The third kappa shape index (κ3) is 4.36. The summed E-state index contributed by atoms with van der Waals surface area (Å²) in [5, 5.41) is 3.71. The summed E-state index contributed by atoms with van der Waals surface area (Å²) in [6, 6.07) is 6.84. The quantitative estimate of drug-likeness (QED) is 0.610. The Morgan fingerprint density at radius 3 is 2.52 bits per heavy atom. The van der Waals surface area contributed by atoms with Gasteiger partial charge >= 0.3 is 0 Å². The van der Waals surface area contributed by atoms with Crippen LogP contribution in [0.25, 0.3) is 0 Å². The second-order valence-corrected chi connectivity index (χ2v) is 7.98. The highest BCUT2D eigenvalue weighted by atomic mass is 32.2. The predicted molar refractivity (Wildman–Crippen MR) is 98.3 cm³/mol. The maximum absolute atomic E-state index is 5.98. The molecule has 2 nitrogen and oxygen atoms in total. The molecular formula is C17H26N2S2. The van der Waals surface area contributed by atoms with Crippen molar-refractivity contribution < 1.29 is 0 Å². The fraction of sp³-hybridized carbons (Fsp3) is 0.588. The third-order valence-electron chi connectivity index (χ3n) is 4.11. The van der Waals surface area contributed by atoms with Gasteiger partial charge in [-0.1, -0.05) is 39.1 Å². The van der Waals surface area contributed by atoms with Crippen LogP contribution in [0.2, 0.25) is 0 Å². The van der Waals surface area contributed by atoms with Crippen molar-refractivity contribution in [1.29, 1.82) is 0 Å². The standard InChI is InChI=1S/C17H26N2S2/c1-4-21-15-7-5-6-14(16(15)17(18)20)19-13-9-11(2)8-12(3)10-13/h5-7,11-13,19H,4,8-10H2,1-3H3,(H2,18,20). The molecule has 3 N–H and O–H groups in total. The zero-order valence-corrected chi connectivity index (χ0v) is 14.8. The summed E-state index contributed by atoms with van der Waals surface area (Å²) in [6.07, 6.45) is 3.80. The lowest BCUT2D eigenvalue weighted by molar-refractivity contribution is 0.281. The van der Waals surface area contributed by atoms with Crippen LogP contribution in [0.5, 0.6) is 0 Å². The summed E-state index contributed by atoms with van der Waals surface area (Å²) in [4.78, 5) is 1.68. The van der Waals surface area contributed by atoms with Crippen molar-refractivity contribution in [3.63, 3.8) is 0 Å². The predicted octanol–water partition coefficient (Wildman–Crippen LogP) is 4.67. The van der Waals surface area contributed by atoms with Crippen LogP contribution in [-0.2, 0) is 0 Å². The summed E-state index contributed by atoms with van der Waals surface area (Å²) in [5.74, 6) is 2.59. The van der Waals surface area contributed by atoms with Gasteiger partial charge in [-0.25, -0.2) is 0 Å². The Morgan fingerprint density at radius 2 is 1.95 bits per heavy atom. The molecule has 1 aromatic rings. The fourth-order valence-electron chi connectivity index (χ4n) is 3.47. The zero-order chi connectivity index (χ0) is 15.4. The molecule has 2 unspecified atom stereocenters. The van der Waals surface area contributed by atoms with E-state index in [4.69, 9.17) is 18.0 Å². The molecule has 0 saturated heterocycles. The Labute approximate surface area is 138 Å². The lowest BCUT2D eigenvalue weighted by Crippen LogP contribution is -2.31. The summed E-state index contributed by atoms with van der Waals surface area (Å²) >= 11 is 7.09. The topological polar surface area (TPSA) is 38.0 Å². The number of nitrogens with two attached hydrogens (primary N) is 1. The van der Waals surface area contributed by atoms with Crippen molar-refractivity contribution in [3.8, 4) is 0 Å². The van der Waals surface area contributed by atoms with E-state index in [-0.39, 0.29) is 0 Å². The first-order valence-corrected chi connectivity index (χ1v) is 9.22. The average molecular weight is 323 g/mol. The van der Waals surface area contributed by atoms with Crippen LogP contribution >= 0.6 is 24.0 Å². The van der Waals surface area contributed by atoms with Crippen molar-refractivity contribution >= 4 is 34.7 Å². The average Bonchev–Trinajstić information content (AvgIpc) is 2.37. The van der Waals surface area contributed by atoms with Gasteiger partial charge in [0.2, 0.25) is 0 Å². The molecule has 0 aromatic heterocycles. The molecule has 2 atom stereocenters. The van der Waals surface area contributed by atoms with Crippen LogP contribution in [0.3, 0.4) is 0 Å². The molecule has 2 rings (SSSR count). The van der Waals surface area contributed by atoms with Crippen LogP contribution in [-0.4, -0.2) is 16.8 Å². The smallest absolute Gasteiger partial charge is 0.107 e. The van der Waals surface area contributed by atoms with Crippen LogP contribution in [0.15, 0.2) is 23.1 Å². The molecule has 0 radical (unpaired) electrons. The first kappa shape index (κ1) is 16.6. The van der Waals surface area contributed by atoms with E-state index in [1.807, 2.05) is 0 Å². The van der Waals surface area contributed by atoms with Gasteiger partial charge in [-0.2, -0.15) is 0 Å². The van der Waals surface area contributed by atoms with Crippen LogP contribution in [0, 0.1) is 11.8 Å².